The zero-order valence-electron chi connectivity index (χ0n) is 3.19. The van der Waals surface area contributed by atoms with E-state index in [2.05, 4.69) is 0 Å². The summed E-state index contributed by atoms with van der Waals surface area (Å²) in [6, 6.07) is 0. The predicted octanol–water partition coefficient (Wildman–Crippen LogP) is 1.31. The largest absolute Gasteiger partial charge is 0.0767 e. The summed E-state index contributed by atoms with van der Waals surface area (Å²) < 4.78 is 0. The van der Waals surface area contributed by atoms with Crippen LogP contribution in [0.3, 0.4) is 0 Å². The molecule has 0 atom stereocenters. The standard InChI is InChI=1S/C5H5.Cu/c1-2-4-5-3-1;/h1-5H;. The maximum absolute atomic E-state index is 2.00. The summed E-state index contributed by atoms with van der Waals surface area (Å²) in [5, 5.41) is 0. The van der Waals surface area contributed by atoms with E-state index in [0.717, 1.165) is 0 Å². The van der Waals surface area contributed by atoms with Gasteiger partial charge in [-0.15, -0.1) is 0 Å². The molecule has 0 unspecified atom stereocenters. The van der Waals surface area contributed by atoms with Gasteiger partial charge in [0.25, 0.3) is 0 Å². The Balaban J connectivity index is 0.000000250. The van der Waals surface area contributed by atoms with Gasteiger partial charge in [0, 0.05) is 23.5 Å². The van der Waals surface area contributed by atoms with Gasteiger partial charge in [0.05, 0.1) is 0 Å². The maximum atomic E-state index is 2.00. The van der Waals surface area contributed by atoms with Gasteiger partial charge in [-0.05, 0) is 0 Å². The SMILES string of the molecule is [CH]1C=CC=C1.[Cu]. The summed E-state index contributed by atoms with van der Waals surface area (Å²) in [7, 11) is 0. The molecule has 0 saturated heterocycles. The van der Waals surface area contributed by atoms with Crippen molar-refractivity contribution in [1.82, 2.24) is 0 Å². The molecule has 0 spiro atoms. The number of hydrogen-bond acceptors (Lipinski definition) is 0. The van der Waals surface area contributed by atoms with Crippen LogP contribution in [-0.2, 0) is 17.1 Å². The van der Waals surface area contributed by atoms with E-state index >= 15 is 0 Å². The Morgan fingerprint density at radius 1 is 0.667 bits per heavy atom. The molecular formula is C5H5Cu. The maximum Gasteiger partial charge on any atom is 0.00506 e. The number of allylic oxidation sites excluding steroid dienone is 4. The summed E-state index contributed by atoms with van der Waals surface area (Å²) >= 11 is 0. The fraction of sp³-hybridized carbons (Fsp3) is 0. The minimum Gasteiger partial charge on any atom is -0.0767 e. The minimum atomic E-state index is 0. The summed E-state index contributed by atoms with van der Waals surface area (Å²) in [6.07, 6.45) is 10.0. The van der Waals surface area contributed by atoms with Crippen molar-refractivity contribution in [2.75, 3.05) is 0 Å². The van der Waals surface area contributed by atoms with E-state index in [4.69, 9.17) is 0 Å². The monoisotopic (exact) mass is 128 g/mol. The Morgan fingerprint density at radius 3 is 1.33 bits per heavy atom. The van der Waals surface area contributed by atoms with Crippen molar-refractivity contribution >= 4 is 0 Å². The average Bonchev–Trinajstić information content (AvgIpc) is 1.76. The fourth-order valence-corrected chi connectivity index (χ4v) is 0.321. The molecule has 1 rings (SSSR count). The van der Waals surface area contributed by atoms with Crippen LogP contribution in [0, 0.1) is 6.42 Å². The molecule has 0 aliphatic heterocycles. The first-order valence-electron chi connectivity index (χ1n) is 1.67. The Hall–Kier alpha value is -0.000519. The molecule has 6 heavy (non-hydrogen) atoms. The van der Waals surface area contributed by atoms with Crippen molar-refractivity contribution in [2.24, 2.45) is 0 Å². The zero-order chi connectivity index (χ0) is 3.54. The second-order valence-corrected chi connectivity index (χ2v) is 0.962. The number of hydrogen-bond donors (Lipinski definition) is 0. The van der Waals surface area contributed by atoms with Crippen LogP contribution in [0.4, 0.5) is 0 Å². The Bertz CT molecular complexity index is 62.0. The third-order valence-corrected chi connectivity index (χ3v) is 0.556. The molecule has 1 aliphatic carbocycles. The van der Waals surface area contributed by atoms with Crippen molar-refractivity contribution in [2.45, 2.75) is 0 Å². The van der Waals surface area contributed by atoms with Crippen LogP contribution in [0.5, 0.6) is 0 Å². The van der Waals surface area contributed by atoms with Crippen LogP contribution >= 0.6 is 0 Å². The molecule has 0 nitrogen and oxygen atoms in total. The van der Waals surface area contributed by atoms with Gasteiger partial charge in [-0.2, -0.15) is 0 Å². The first-order valence-corrected chi connectivity index (χ1v) is 1.67. The van der Waals surface area contributed by atoms with Gasteiger partial charge < -0.3 is 0 Å². The molecule has 0 bridgehead atoms. The molecule has 0 heterocycles. The minimum absolute atomic E-state index is 0. The quantitative estimate of drug-likeness (QED) is 0.432. The Labute approximate surface area is 48.4 Å². The fourth-order valence-electron chi connectivity index (χ4n) is 0.321. The summed E-state index contributed by atoms with van der Waals surface area (Å²) in [6.45, 7) is 0. The van der Waals surface area contributed by atoms with E-state index in [9.17, 15) is 0 Å². The van der Waals surface area contributed by atoms with Gasteiger partial charge in [0.15, 0.2) is 0 Å². The Kier molecular flexibility index (Phi) is 3.20. The summed E-state index contributed by atoms with van der Waals surface area (Å²) in [5.74, 6) is 0. The molecule has 0 aromatic carbocycles. The first-order chi connectivity index (χ1) is 2.50. The van der Waals surface area contributed by atoms with Crippen molar-refractivity contribution in [3.8, 4) is 0 Å². The van der Waals surface area contributed by atoms with Crippen LogP contribution < -0.4 is 0 Å². The zero-order valence-corrected chi connectivity index (χ0v) is 4.13. The smallest absolute Gasteiger partial charge is 0.00506 e. The van der Waals surface area contributed by atoms with Gasteiger partial charge >= 0.3 is 0 Å². The van der Waals surface area contributed by atoms with Crippen molar-refractivity contribution in [3.05, 3.63) is 30.7 Å². The summed E-state index contributed by atoms with van der Waals surface area (Å²) in [5.41, 5.74) is 0. The van der Waals surface area contributed by atoms with E-state index in [0.29, 0.717) is 0 Å². The van der Waals surface area contributed by atoms with E-state index in [-0.39, 0.29) is 17.1 Å². The van der Waals surface area contributed by atoms with Crippen molar-refractivity contribution in [1.29, 1.82) is 0 Å². The average molecular weight is 129 g/mol. The first kappa shape index (κ1) is 6.00. The molecule has 0 aromatic heterocycles. The molecular weight excluding hydrogens is 124 g/mol. The Morgan fingerprint density at radius 2 is 1.17 bits per heavy atom. The van der Waals surface area contributed by atoms with Crippen LogP contribution in [0.1, 0.15) is 0 Å². The van der Waals surface area contributed by atoms with Crippen LogP contribution in [0.2, 0.25) is 0 Å². The van der Waals surface area contributed by atoms with E-state index in [1.165, 1.54) is 0 Å². The molecule has 0 amide bonds. The van der Waals surface area contributed by atoms with Gasteiger partial charge in [-0.25, -0.2) is 0 Å². The topological polar surface area (TPSA) is 0 Å². The third-order valence-electron chi connectivity index (χ3n) is 0.556. The predicted molar refractivity (Wildman–Crippen MR) is 22.6 cm³/mol. The van der Waals surface area contributed by atoms with E-state index in [1.54, 1.807) is 0 Å². The van der Waals surface area contributed by atoms with Crippen LogP contribution in [-0.4, -0.2) is 0 Å². The van der Waals surface area contributed by atoms with Gasteiger partial charge in [-0.3, -0.25) is 0 Å². The van der Waals surface area contributed by atoms with Crippen molar-refractivity contribution < 1.29 is 17.1 Å². The van der Waals surface area contributed by atoms with Gasteiger partial charge in [0.2, 0.25) is 0 Å². The molecule has 0 fully saturated rings. The molecule has 1 heteroatoms. The van der Waals surface area contributed by atoms with Gasteiger partial charge in [-0.1, -0.05) is 24.3 Å². The van der Waals surface area contributed by atoms with Crippen LogP contribution in [0.25, 0.3) is 0 Å². The van der Waals surface area contributed by atoms with E-state index < -0.39 is 0 Å². The molecule has 0 saturated carbocycles. The van der Waals surface area contributed by atoms with Crippen molar-refractivity contribution in [3.63, 3.8) is 0 Å². The molecule has 2 radical (unpaired) electrons. The van der Waals surface area contributed by atoms with E-state index in [1.807, 2.05) is 30.7 Å². The third kappa shape index (κ3) is 1.44. The normalized spacial score (nSPS) is 14.7. The van der Waals surface area contributed by atoms with Crippen LogP contribution in [0.15, 0.2) is 24.3 Å². The molecule has 0 N–H and O–H groups in total. The number of rotatable bonds is 0. The molecule has 0 aromatic rings. The molecule has 36 valence electrons. The summed E-state index contributed by atoms with van der Waals surface area (Å²) in [4.78, 5) is 0. The second kappa shape index (κ2) is 3.20. The second-order valence-electron chi connectivity index (χ2n) is 0.962. The molecule has 1 aliphatic rings. The van der Waals surface area contributed by atoms with Gasteiger partial charge in [0.1, 0.15) is 0 Å².